The second-order valence-electron chi connectivity index (χ2n) is 5.90. The van der Waals surface area contributed by atoms with Crippen molar-refractivity contribution in [1.82, 2.24) is 5.32 Å². The summed E-state index contributed by atoms with van der Waals surface area (Å²) in [6, 6.07) is 9.00. The highest BCUT2D eigenvalue weighted by Gasteiger charge is 2.28. The molecule has 0 saturated carbocycles. The van der Waals surface area contributed by atoms with Crippen LogP contribution in [0.25, 0.3) is 0 Å². The van der Waals surface area contributed by atoms with E-state index < -0.39 is 0 Å². The highest BCUT2D eigenvalue weighted by Crippen LogP contribution is 2.31. The number of hydrogen-bond acceptors (Lipinski definition) is 2. The lowest BCUT2D eigenvalue weighted by Gasteiger charge is -2.27. The van der Waals surface area contributed by atoms with Crippen LogP contribution in [0.1, 0.15) is 12.5 Å². The van der Waals surface area contributed by atoms with Crippen LogP contribution in [0.15, 0.2) is 24.3 Å². The van der Waals surface area contributed by atoms with Gasteiger partial charge in [0.2, 0.25) is 0 Å². The van der Waals surface area contributed by atoms with Gasteiger partial charge in [0.15, 0.2) is 5.11 Å². The Balaban J connectivity index is 1.53. The molecule has 1 atom stereocenters. The first-order valence-corrected chi connectivity index (χ1v) is 8.23. The average Bonchev–Trinajstić information content (AvgIpc) is 2.84. The number of fused-ring (bicyclic) bond motifs is 1. The SMILES string of the molecule is C[C@@H]1Cc2ccccc2N1C(=S)NCC[NH+]1CCOCC1. The molecule has 1 aromatic carbocycles. The summed E-state index contributed by atoms with van der Waals surface area (Å²) in [5.74, 6) is 0. The Morgan fingerprint density at radius 3 is 2.95 bits per heavy atom. The van der Waals surface area contributed by atoms with Gasteiger partial charge in [-0.2, -0.15) is 0 Å². The molecule has 0 aromatic heterocycles. The molecule has 2 aliphatic rings. The zero-order valence-corrected chi connectivity index (χ0v) is 13.4. The van der Waals surface area contributed by atoms with Gasteiger partial charge in [-0.25, -0.2) is 0 Å². The third-order valence-electron chi connectivity index (χ3n) is 4.38. The number of benzene rings is 1. The molecule has 0 unspecified atom stereocenters. The minimum Gasteiger partial charge on any atom is -0.370 e. The zero-order valence-electron chi connectivity index (χ0n) is 12.6. The van der Waals surface area contributed by atoms with Crippen molar-refractivity contribution in [3.05, 3.63) is 29.8 Å². The van der Waals surface area contributed by atoms with E-state index in [0.717, 1.165) is 50.9 Å². The molecule has 4 nitrogen and oxygen atoms in total. The van der Waals surface area contributed by atoms with Gasteiger partial charge in [0.25, 0.3) is 0 Å². The quantitative estimate of drug-likeness (QED) is 0.782. The van der Waals surface area contributed by atoms with E-state index in [1.807, 2.05) is 0 Å². The summed E-state index contributed by atoms with van der Waals surface area (Å²) >= 11 is 5.61. The highest BCUT2D eigenvalue weighted by atomic mass is 32.1. The third kappa shape index (κ3) is 3.36. The number of hydrogen-bond donors (Lipinski definition) is 2. The molecule has 2 aliphatic heterocycles. The molecule has 1 fully saturated rings. The minimum absolute atomic E-state index is 0.443. The summed E-state index contributed by atoms with van der Waals surface area (Å²) in [6.45, 7) is 8.26. The van der Waals surface area contributed by atoms with Crippen molar-refractivity contribution >= 4 is 23.0 Å². The van der Waals surface area contributed by atoms with Gasteiger partial charge in [0.05, 0.1) is 26.3 Å². The monoisotopic (exact) mass is 306 g/mol. The van der Waals surface area contributed by atoms with E-state index in [1.165, 1.54) is 11.3 Å². The molecule has 5 heteroatoms. The topological polar surface area (TPSA) is 28.9 Å². The number of quaternary nitrogens is 1. The van der Waals surface area contributed by atoms with Crippen molar-refractivity contribution in [2.24, 2.45) is 0 Å². The summed E-state index contributed by atoms with van der Waals surface area (Å²) in [5, 5.41) is 4.30. The molecular weight excluding hydrogens is 282 g/mol. The minimum atomic E-state index is 0.443. The predicted molar refractivity (Wildman–Crippen MR) is 89.1 cm³/mol. The standard InChI is InChI=1S/C16H23N3OS/c1-13-12-14-4-2-3-5-15(14)19(13)16(21)17-6-7-18-8-10-20-11-9-18/h2-5,13H,6-12H2,1H3,(H,17,21)/p+1/t13-/m1/s1. The maximum atomic E-state index is 5.61. The van der Waals surface area contributed by atoms with Gasteiger partial charge < -0.3 is 19.9 Å². The van der Waals surface area contributed by atoms with Gasteiger partial charge in [-0.15, -0.1) is 0 Å². The first-order valence-electron chi connectivity index (χ1n) is 7.82. The highest BCUT2D eigenvalue weighted by molar-refractivity contribution is 7.80. The summed E-state index contributed by atoms with van der Waals surface area (Å²) in [4.78, 5) is 3.87. The number of morpholine rings is 1. The summed E-state index contributed by atoms with van der Waals surface area (Å²) in [5.41, 5.74) is 2.66. The Bertz CT molecular complexity index is 502. The van der Waals surface area contributed by atoms with Gasteiger partial charge in [0.1, 0.15) is 13.1 Å². The number of para-hydroxylation sites is 1. The van der Waals surface area contributed by atoms with Crippen LogP contribution in [0.4, 0.5) is 5.69 Å². The van der Waals surface area contributed by atoms with Crippen LogP contribution in [0.3, 0.4) is 0 Å². The van der Waals surface area contributed by atoms with Crippen LogP contribution in [-0.2, 0) is 11.2 Å². The molecular formula is C16H24N3OS+. The number of rotatable bonds is 3. The lowest BCUT2D eigenvalue weighted by Crippen LogP contribution is -3.14. The Morgan fingerprint density at radius 2 is 2.14 bits per heavy atom. The Hall–Kier alpha value is -1.17. The van der Waals surface area contributed by atoms with Crippen LogP contribution < -0.4 is 15.1 Å². The van der Waals surface area contributed by atoms with Gasteiger partial charge in [-0.3, -0.25) is 0 Å². The number of thiocarbonyl (C=S) groups is 1. The van der Waals surface area contributed by atoms with Crippen LogP contribution in [0.5, 0.6) is 0 Å². The van der Waals surface area contributed by atoms with Crippen molar-refractivity contribution in [1.29, 1.82) is 0 Å². The number of nitrogens with one attached hydrogen (secondary N) is 2. The third-order valence-corrected chi connectivity index (χ3v) is 4.72. The van der Waals surface area contributed by atoms with E-state index in [2.05, 4.69) is 41.4 Å². The van der Waals surface area contributed by atoms with E-state index in [4.69, 9.17) is 17.0 Å². The fourth-order valence-corrected chi connectivity index (χ4v) is 3.60. The van der Waals surface area contributed by atoms with E-state index in [1.54, 1.807) is 4.90 Å². The van der Waals surface area contributed by atoms with Crippen LogP contribution in [0, 0.1) is 0 Å². The fraction of sp³-hybridized carbons (Fsp3) is 0.562. The van der Waals surface area contributed by atoms with Crippen molar-refractivity contribution in [2.75, 3.05) is 44.3 Å². The molecule has 0 spiro atoms. The van der Waals surface area contributed by atoms with E-state index in [9.17, 15) is 0 Å². The molecule has 0 radical (unpaired) electrons. The first kappa shape index (κ1) is 14.8. The summed E-state index contributed by atoms with van der Waals surface area (Å²) in [7, 11) is 0. The number of ether oxygens (including phenoxy) is 1. The predicted octanol–water partition coefficient (Wildman–Crippen LogP) is 0.227. The van der Waals surface area contributed by atoms with Crippen molar-refractivity contribution in [3.8, 4) is 0 Å². The van der Waals surface area contributed by atoms with Crippen LogP contribution in [-0.4, -0.2) is 50.5 Å². The molecule has 1 aromatic rings. The Kier molecular flexibility index (Phi) is 4.73. The van der Waals surface area contributed by atoms with E-state index >= 15 is 0 Å². The molecule has 3 rings (SSSR count). The van der Waals surface area contributed by atoms with E-state index in [-0.39, 0.29) is 0 Å². The second-order valence-corrected chi connectivity index (χ2v) is 6.28. The van der Waals surface area contributed by atoms with Crippen molar-refractivity contribution in [2.45, 2.75) is 19.4 Å². The first-order chi connectivity index (χ1) is 10.3. The normalized spacial score (nSPS) is 22.1. The maximum absolute atomic E-state index is 5.61. The summed E-state index contributed by atoms with van der Waals surface area (Å²) < 4.78 is 5.39. The number of nitrogens with zero attached hydrogens (tertiary/aromatic N) is 1. The van der Waals surface area contributed by atoms with Crippen LogP contribution >= 0.6 is 12.2 Å². The molecule has 1 saturated heterocycles. The van der Waals surface area contributed by atoms with Crippen molar-refractivity contribution in [3.63, 3.8) is 0 Å². The fourth-order valence-electron chi connectivity index (χ4n) is 3.22. The van der Waals surface area contributed by atoms with Crippen molar-refractivity contribution < 1.29 is 9.64 Å². The maximum Gasteiger partial charge on any atom is 0.173 e. The molecule has 0 aliphatic carbocycles. The summed E-state index contributed by atoms with van der Waals surface area (Å²) in [6.07, 6.45) is 1.08. The number of anilines is 1. The van der Waals surface area contributed by atoms with Gasteiger partial charge in [0, 0.05) is 11.7 Å². The van der Waals surface area contributed by atoms with E-state index in [0.29, 0.717) is 6.04 Å². The molecule has 2 heterocycles. The molecule has 0 amide bonds. The van der Waals surface area contributed by atoms with Gasteiger partial charge in [-0.1, -0.05) is 18.2 Å². The second kappa shape index (κ2) is 6.73. The van der Waals surface area contributed by atoms with Gasteiger partial charge in [-0.05, 0) is 37.2 Å². The smallest absolute Gasteiger partial charge is 0.173 e. The molecule has 2 N–H and O–H groups in total. The lowest BCUT2D eigenvalue weighted by atomic mass is 10.1. The lowest BCUT2D eigenvalue weighted by molar-refractivity contribution is -0.906. The zero-order chi connectivity index (χ0) is 14.7. The average molecular weight is 306 g/mol. The Labute approximate surface area is 132 Å². The van der Waals surface area contributed by atoms with Gasteiger partial charge >= 0.3 is 0 Å². The largest absolute Gasteiger partial charge is 0.370 e. The molecule has 0 bridgehead atoms. The molecule has 21 heavy (non-hydrogen) atoms. The van der Waals surface area contributed by atoms with Crippen LogP contribution in [0.2, 0.25) is 0 Å². The molecule has 114 valence electrons. The Morgan fingerprint density at radius 1 is 1.38 bits per heavy atom.